The van der Waals surface area contributed by atoms with Crippen LogP contribution in [0.1, 0.15) is 27.7 Å². The molecule has 0 saturated heterocycles. The summed E-state index contributed by atoms with van der Waals surface area (Å²) in [6.07, 6.45) is 0. The van der Waals surface area contributed by atoms with Crippen LogP contribution in [-0.2, 0) is 4.79 Å². The van der Waals surface area contributed by atoms with Crippen molar-refractivity contribution in [1.82, 2.24) is 5.43 Å². The zero-order valence-corrected chi connectivity index (χ0v) is 9.16. The van der Waals surface area contributed by atoms with E-state index in [2.05, 4.69) is 22.7 Å². The third-order valence-corrected chi connectivity index (χ3v) is 2.65. The predicted molar refractivity (Wildman–Crippen MR) is 56.8 cm³/mol. The summed E-state index contributed by atoms with van der Waals surface area (Å²) in [5.41, 5.74) is 3.94. The lowest BCUT2D eigenvalue weighted by atomic mass is 9.53. The summed E-state index contributed by atoms with van der Waals surface area (Å²) in [6, 6.07) is 0. The first-order chi connectivity index (χ1) is 5.85. The second kappa shape index (κ2) is 2.87. The third-order valence-electron chi connectivity index (χ3n) is 2.55. The van der Waals surface area contributed by atoms with Gasteiger partial charge in [-0.1, -0.05) is 12.2 Å². The topological polar surface area (TPSA) is 41.5 Å². The van der Waals surface area contributed by atoms with Gasteiger partial charge in [-0.25, -0.2) is 0 Å². The fourth-order valence-electron chi connectivity index (χ4n) is 2.09. The Kier molecular flexibility index (Phi) is 2.28. The number of nitrogens with one attached hydrogen (secondary N) is 1. The Bertz CT molecular complexity index is 272. The van der Waals surface area contributed by atoms with Crippen LogP contribution in [0.5, 0.6) is 0 Å². The number of ketones is 1. The van der Waals surface area contributed by atoms with Gasteiger partial charge in [-0.05, 0) is 27.7 Å². The van der Waals surface area contributed by atoms with E-state index in [0.29, 0.717) is 0 Å². The van der Waals surface area contributed by atoms with Crippen molar-refractivity contribution >= 4 is 29.2 Å². The van der Waals surface area contributed by atoms with E-state index in [4.69, 9.17) is 0 Å². The van der Waals surface area contributed by atoms with Gasteiger partial charge in [-0.3, -0.25) is 10.2 Å². The molecule has 13 heavy (non-hydrogen) atoms. The van der Waals surface area contributed by atoms with E-state index in [0.717, 1.165) is 5.71 Å². The van der Waals surface area contributed by atoms with Crippen molar-refractivity contribution in [2.45, 2.75) is 27.7 Å². The minimum atomic E-state index is -0.436. The Labute approximate surface area is 83.6 Å². The zero-order valence-electron chi connectivity index (χ0n) is 8.34. The van der Waals surface area contributed by atoms with Crippen molar-refractivity contribution in [2.24, 2.45) is 15.9 Å². The van der Waals surface area contributed by atoms with Crippen LogP contribution in [0, 0.1) is 10.8 Å². The highest BCUT2D eigenvalue weighted by Crippen LogP contribution is 2.46. The highest BCUT2D eigenvalue weighted by atomic mass is 32.1. The Hall–Kier alpha value is -0.770. The van der Waals surface area contributed by atoms with E-state index in [1.54, 1.807) is 0 Å². The molecule has 72 valence electrons. The molecular weight excluding hydrogens is 184 g/mol. The van der Waals surface area contributed by atoms with E-state index >= 15 is 0 Å². The molecule has 0 bridgehead atoms. The first-order valence-corrected chi connectivity index (χ1v) is 4.65. The molecule has 0 aromatic rings. The summed E-state index contributed by atoms with van der Waals surface area (Å²) in [5, 5.41) is 4.09. The number of hydrogen-bond donors (Lipinski definition) is 1. The SMILES string of the molecule is CC1(C)C(=O)C(C)(C)C1=NNC=S. The van der Waals surface area contributed by atoms with E-state index < -0.39 is 10.8 Å². The molecule has 0 aliphatic heterocycles. The molecule has 4 heteroatoms. The van der Waals surface area contributed by atoms with E-state index in [-0.39, 0.29) is 5.78 Å². The van der Waals surface area contributed by atoms with Gasteiger partial charge < -0.3 is 0 Å². The molecule has 0 spiro atoms. The molecule has 1 aliphatic rings. The number of nitrogens with zero attached hydrogens (tertiary/aromatic N) is 1. The molecule has 0 aromatic carbocycles. The van der Waals surface area contributed by atoms with Crippen LogP contribution >= 0.6 is 12.2 Å². The second-order valence-electron chi connectivity index (χ2n) is 4.29. The predicted octanol–water partition coefficient (Wildman–Crippen LogP) is 1.52. The lowest BCUT2D eigenvalue weighted by molar-refractivity contribution is -0.134. The maximum Gasteiger partial charge on any atom is 0.155 e. The number of Topliss-reactive ketones (excluding diaryl/α,β-unsaturated/α-hetero) is 1. The zero-order chi connectivity index (χ0) is 10.3. The minimum absolute atomic E-state index is 0.227. The summed E-state index contributed by atoms with van der Waals surface area (Å²) in [5.74, 6) is 0.227. The first kappa shape index (κ1) is 10.3. The van der Waals surface area contributed by atoms with Crippen molar-refractivity contribution in [1.29, 1.82) is 0 Å². The Morgan fingerprint density at radius 2 is 1.77 bits per heavy atom. The van der Waals surface area contributed by atoms with Crippen LogP contribution in [0.25, 0.3) is 0 Å². The van der Waals surface area contributed by atoms with E-state index in [1.165, 1.54) is 5.49 Å². The highest BCUT2D eigenvalue weighted by Gasteiger charge is 2.59. The van der Waals surface area contributed by atoms with Gasteiger partial charge in [-0.2, -0.15) is 5.10 Å². The smallest absolute Gasteiger partial charge is 0.155 e. The van der Waals surface area contributed by atoms with Gasteiger partial charge in [0.1, 0.15) is 0 Å². The van der Waals surface area contributed by atoms with Gasteiger partial charge in [0.05, 0.1) is 22.0 Å². The fraction of sp³-hybridized carbons (Fsp3) is 0.667. The lowest BCUT2D eigenvalue weighted by Crippen LogP contribution is -2.61. The minimum Gasteiger partial charge on any atom is -0.298 e. The molecule has 0 heterocycles. The largest absolute Gasteiger partial charge is 0.298 e. The van der Waals surface area contributed by atoms with Crippen LogP contribution in [0.3, 0.4) is 0 Å². The third kappa shape index (κ3) is 1.29. The number of hydrogen-bond acceptors (Lipinski definition) is 3. The van der Waals surface area contributed by atoms with Crippen LogP contribution in [0.15, 0.2) is 5.10 Å². The lowest BCUT2D eigenvalue weighted by Gasteiger charge is -2.48. The number of carbonyl (C=O) groups excluding carboxylic acids is 1. The summed E-state index contributed by atoms with van der Waals surface area (Å²) in [6.45, 7) is 7.52. The quantitative estimate of drug-likeness (QED) is 0.540. The molecule has 1 aliphatic carbocycles. The average Bonchev–Trinajstić information content (AvgIpc) is 2.03. The Morgan fingerprint density at radius 3 is 2.15 bits per heavy atom. The van der Waals surface area contributed by atoms with Gasteiger partial charge in [0, 0.05) is 0 Å². The van der Waals surface area contributed by atoms with Gasteiger partial charge in [-0.15, -0.1) is 0 Å². The molecule has 0 atom stereocenters. The molecular formula is C9H14N2OS. The summed E-state index contributed by atoms with van der Waals surface area (Å²) >= 11 is 4.59. The van der Waals surface area contributed by atoms with Gasteiger partial charge in [0.2, 0.25) is 0 Å². The standard InChI is InChI=1S/C9H14N2OS/c1-8(2)6(11-10-5-13)9(3,4)7(8)12/h5H,1-4H3,(H,10,13). The number of rotatable bonds is 2. The van der Waals surface area contributed by atoms with Crippen molar-refractivity contribution in [3.8, 4) is 0 Å². The summed E-state index contributed by atoms with van der Waals surface area (Å²) in [7, 11) is 0. The highest BCUT2D eigenvalue weighted by molar-refractivity contribution is 7.78. The van der Waals surface area contributed by atoms with E-state index in [1.807, 2.05) is 27.7 Å². The van der Waals surface area contributed by atoms with Crippen molar-refractivity contribution in [2.75, 3.05) is 0 Å². The normalized spacial score (nSPS) is 23.4. The molecule has 0 amide bonds. The Morgan fingerprint density at radius 1 is 1.31 bits per heavy atom. The van der Waals surface area contributed by atoms with Crippen molar-refractivity contribution in [3.05, 3.63) is 0 Å². The second-order valence-corrected chi connectivity index (χ2v) is 4.52. The molecule has 1 N–H and O–H groups in total. The molecule has 1 fully saturated rings. The van der Waals surface area contributed by atoms with E-state index in [9.17, 15) is 4.79 Å². The number of carbonyl (C=O) groups is 1. The van der Waals surface area contributed by atoms with Crippen LogP contribution in [0.4, 0.5) is 0 Å². The van der Waals surface area contributed by atoms with Crippen LogP contribution < -0.4 is 5.43 Å². The molecule has 0 aromatic heterocycles. The molecule has 0 radical (unpaired) electrons. The molecule has 1 rings (SSSR count). The van der Waals surface area contributed by atoms with Gasteiger partial charge in [0.25, 0.3) is 0 Å². The fourth-order valence-corrected chi connectivity index (χ4v) is 2.14. The first-order valence-electron chi connectivity index (χ1n) is 4.18. The average molecular weight is 198 g/mol. The van der Waals surface area contributed by atoms with Crippen LogP contribution in [-0.4, -0.2) is 17.0 Å². The number of thiocarbonyl (C=S) groups is 1. The molecule has 3 nitrogen and oxygen atoms in total. The van der Waals surface area contributed by atoms with Crippen LogP contribution in [0.2, 0.25) is 0 Å². The molecule has 1 saturated carbocycles. The maximum atomic E-state index is 11.6. The maximum absolute atomic E-state index is 11.6. The Balaban J connectivity index is 2.97. The van der Waals surface area contributed by atoms with Crippen molar-refractivity contribution < 1.29 is 4.79 Å². The monoisotopic (exact) mass is 198 g/mol. The summed E-state index contributed by atoms with van der Waals surface area (Å²) < 4.78 is 0. The van der Waals surface area contributed by atoms with Gasteiger partial charge in [0.15, 0.2) is 5.78 Å². The molecule has 0 unspecified atom stereocenters. The summed E-state index contributed by atoms with van der Waals surface area (Å²) in [4.78, 5) is 11.6. The van der Waals surface area contributed by atoms with Gasteiger partial charge >= 0.3 is 0 Å². The van der Waals surface area contributed by atoms with Crippen molar-refractivity contribution in [3.63, 3.8) is 0 Å². The number of hydrazone groups is 1.